The molecule has 1 saturated heterocycles. The molecule has 12 heteroatoms. The van der Waals surface area contributed by atoms with Crippen LogP contribution in [0.3, 0.4) is 0 Å². The lowest BCUT2D eigenvalue weighted by molar-refractivity contribution is 0.0924. The second kappa shape index (κ2) is 11.8. The SMILES string of the molecule is CSc1nc2c(F)c(Br)c(Cl)cc2c(N[C@H]2CCN(C(=O)O)[C@H](CCO[Si](C)(C)C(C)(C)C)C2)c1C=O. The number of carbonyl (C=O) groups is 2. The number of pyridine rings is 1. The van der Waals surface area contributed by atoms with Gasteiger partial charge in [0.1, 0.15) is 10.5 Å². The summed E-state index contributed by atoms with van der Waals surface area (Å²) in [4.78, 5) is 29.9. The lowest BCUT2D eigenvalue weighted by Gasteiger charge is -2.40. The van der Waals surface area contributed by atoms with Crippen molar-refractivity contribution in [3.63, 3.8) is 0 Å². The number of benzene rings is 1. The molecule has 2 heterocycles. The molecule has 0 radical (unpaired) electrons. The number of thioether (sulfide) groups is 1. The number of carboxylic acid groups (broad SMARTS) is 1. The molecule has 0 spiro atoms. The molecule has 2 aromatic rings. The zero-order valence-electron chi connectivity index (χ0n) is 22.0. The number of amides is 1. The summed E-state index contributed by atoms with van der Waals surface area (Å²) < 4.78 is 21.5. The van der Waals surface area contributed by atoms with Crippen LogP contribution in [-0.4, -0.2) is 67.2 Å². The normalized spacial score (nSPS) is 18.8. The van der Waals surface area contributed by atoms with Gasteiger partial charge < -0.3 is 19.7 Å². The van der Waals surface area contributed by atoms with Crippen molar-refractivity contribution in [1.29, 1.82) is 0 Å². The average Bonchev–Trinajstić information content (AvgIpc) is 2.82. The lowest BCUT2D eigenvalue weighted by atomic mass is 9.94. The molecule has 7 nitrogen and oxygen atoms in total. The second-order valence-corrected chi connectivity index (χ2v) is 17.6. The number of aldehydes is 1. The number of nitrogens with zero attached hydrogens (tertiary/aromatic N) is 2. The molecule has 1 aliphatic heterocycles. The fraction of sp³-hybridized carbons (Fsp3) is 0.560. The largest absolute Gasteiger partial charge is 0.465 e. The van der Waals surface area contributed by atoms with Crippen LogP contribution in [0.2, 0.25) is 23.2 Å². The number of rotatable bonds is 8. The van der Waals surface area contributed by atoms with Crippen LogP contribution in [-0.2, 0) is 4.43 Å². The number of hydrogen-bond acceptors (Lipinski definition) is 6. The van der Waals surface area contributed by atoms with Crippen LogP contribution in [0.4, 0.5) is 14.9 Å². The van der Waals surface area contributed by atoms with Crippen molar-refractivity contribution >= 4 is 76.6 Å². The van der Waals surface area contributed by atoms with Crippen molar-refractivity contribution in [3.8, 4) is 0 Å². The topological polar surface area (TPSA) is 91.8 Å². The summed E-state index contributed by atoms with van der Waals surface area (Å²) in [5, 5.41) is 14.3. The predicted octanol–water partition coefficient (Wildman–Crippen LogP) is 7.66. The number of aromatic nitrogens is 1. The monoisotopic (exact) mass is 633 g/mol. The van der Waals surface area contributed by atoms with Gasteiger partial charge in [-0.15, -0.1) is 11.8 Å². The Kier molecular flexibility index (Phi) is 9.59. The molecule has 0 saturated carbocycles. The summed E-state index contributed by atoms with van der Waals surface area (Å²) in [5.41, 5.74) is 0.898. The van der Waals surface area contributed by atoms with Gasteiger partial charge in [-0.2, -0.15) is 0 Å². The van der Waals surface area contributed by atoms with Crippen molar-refractivity contribution in [2.75, 3.05) is 24.7 Å². The number of piperidine rings is 1. The van der Waals surface area contributed by atoms with Crippen LogP contribution in [0.25, 0.3) is 10.9 Å². The summed E-state index contributed by atoms with van der Waals surface area (Å²) in [5.74, 6) is -0.598. The third-order valence-electron chi connectivity index (χ3n) is 7.46. The standard InChI is InChI=1S/C25H34BrClFN3O4SSi/c1-25(2,3)37(5,6)35-10-8-15-11-14(7-9-31(15)24(33)34)29-21-16-12-18(27)19(26)20(28)22(16)30-23(36-4)17(21)13-32/h12-15H,7-11H2,1-6H3,(H,29,30)(H,33,34)/t14-,15+/m0/s1. The van der Waals surface area contributed by atoms with Crippen molar-refractivity contribution < 1.29 is 23.5 Å². The summed E-state index contributed by atoms with van der Waals surface area (Å²) >= 11 is 10.7. The van der Waals surface area contributed by atoms with Crippen molar-refractivity contribution in [1.82, 2.24) is 9.88 Å². The second-order valence-electron chi connectivity index (χ2n) is 10.8. The van der Waals surface area contributed by atoms with E-state index in [1.807, 2.05) is 0 Å². The number of anilines is 1. The molecule has 204 valence electrons. The van der Waals surface area contributed by atoms with Gasteiger partial charge in [0.05, 0.1) is 20.7 Å². The van der Waals surface area contributed by atoms with Gasteiger partial charge in [0, 0.05) is 30.6 Å². The quantitative estimate of drug-likeness (QED) is 0.133. The predicted molar refractivity (Wildman–Crippen MR) is 155 cm³/mol. The van der Waals surface area contributed by atoms with Crippen LogP contribution in [0.15, 0.2) is 15.6 Å². The van der Waals surface area contributed by atoms with Gasteiger partial charge in [0.25, 0.3) is 0 Å². The van der Waals surface area contributed by atoms with Gasteiger partial charge >= 0.3 is 6.09 Å². The lowest BCUT2D eigenvalue weighted by Crippen LogP contribution is -2.50. The minimum absolute atomic E-state index is 0.0598. The molecule has 1 aromatic heterocycles. The first-order valence-corrected chi connectivity index (χ1v) is 17.4. The molecule has 1 amide bonds. The Morgan fingerprint density at radius 1 is 1.46 bits per heavy atom. The summed E-state index contributed by atoms with van der Waals surface area (Å²) in [7, 11) is -1.97. The van der Waals surface area contributed by atoms with E-state index in [1.165, 1.54) is 16.7 Å². The number of nitrogens with one attached hydrogen (secondary N) is 1. The minimum Gasteiger partial charge on any atom is -0.465 e. The first kappa shape index (κ1) is 30.1. The molecule has 0 aliphatic carbocycles. The molecule has 0 bridgehead atoms. The molecular formula is C25H34BrClFN3O4SSi. The van der Waals surface area contributed by atoms with E-state index in [4.69, 9.17) is 16.0 Å². The molecule has 1 fully saturated rings. The smallest absolute Gasteiger partial charge is 0.407 e. The van der Waals surface area contributed by atoms with E-state index in [-0.39, 0.29) is 32.1 Å². The van der Waals surface area contributed by atoms with Gasteiger partial charge in [0.2, 0.25) is 0 Å². The highest BCUT2D eigenvalue weighted by atomic mass is 79.9. The van der Waals surface area contributed by atoms with E-state index in [1.54, 1.807) is 12.3 Å². The number of halogens is 3. The van der Waals surface area contributed by atoms with Crippen LogP contribution < -0.4 is 5.32 Å². The molecule has 2 atom stereocenters. The van der Waals surface area contributed by atoms with Gasteiger partial charge in [-0.3, -0.25) is 4.79 Å². The Balaban J connectivity index is 1.91. The first-order chi connectivity index (χ1) is 17.2. The Morgan fingerprint density at radius 2 is 2.14 bits per heavy atom. The minimum atomic E-state index is -1.97. The summed E-state index contributed by atoms with van der Waals surface area (Å²) in [6.45, 7) is 11.7. The highest BCUT2D eigenvalue weighted by molar-refractivity contribution is 9.10. The first-order valence-electron chi connectivity index (χ1n) is 12.1. The molecule has 2 N–H and O–H groups in total. The fourth-order valence-electron chi connectivity index (χ4n) is 4.30. The highest BCUT2D eigenvalue weighted by Gasteiger charge is 2.38. The Hall–Kier alpha value is -1.40. The number of likely N-dealkylation sites (tertiary alicyclic amines) is 1. The van der Waals surface area contributed by atoms with Crippen molar-refractivity contribution in [2.24, 2.45) is 0 Å². The van der Waals surface area contributed by atoms with Crippen molar-refractivity contribution in [2.45, 2.75) is 75.3 Å². The zero-order valence-corrected chi connectivity index (χ0v) is 26.1. The van der Waals surface area contributed by atoms with Crippen LogP contribution in [0, 0.1) is 5.82 Å². The van der Waals surface area contributed by atoms with Crippen molar-refractivity contribution in [3.05, 3.63) is 26.9 Å². The maximum Gasteiger partial charge on any atom is 0.407 e. The Labute approximate surface area is 236 Å². The van der Waals surface area contributed by atoms with Gasteiger partial charge in [-0.25, -0.2) is 14.2 Å². The van der Waals surface area contributed by atoms with E-state index in [2.05, 4.69) is 60.1 Å². The number of hydrogen-bond donors (Lipinski definition) is 2. The molecule has 3 rings (SSSR count). The maximum absolute atomic E-state index is 15.1. The molecule has 37 heavy (non-hydrogen) atoms. The third kappa shape index (κ3) is 6.43. The number of carbonyl (C=O) groups excluding carboxylic acids is 1. The molecular weight excluding hydrogens is 601 g/mol. The van der Waals surface area contributed by atoms with E-state index >= 15 is 4.39 Å². The average molecular weight is 635 g/mol. The highest BCUT2D eigenvalue weighted by Crippen LogP contribution is 2.40. The number of fused-ring (bicyclic) bond motifs is 1. The van der Waals surface area contributed by atoms with E-state index < -0.39 is 20.2 Å². The Bertz CT molecular complexity index is 1200. The van der Waals surface area contributed by atoms with Gasteiger partial charge in [-0.05, 0) is 65.6 Å². The zero-order chi connectivity index (χ0) is 27.7. The molecule has 0 unspecified atom stereocenters. The van der Waals surface area contributed by atoms with Gasteiger partial charge in [0.15, 0.2) is 20.4 Å². The summed E-state index contributed by atoms with van der Waals surface area (Å²) in [6, 6.07) is 1.20. The van der Waals surface area contributed by atoms with Crippen LogP contribution >= 0.6 is 39.3 Å². The van der Waals surface area contributed by atoms with E-state index in [9.17, 15) is 14.7 Å². The van der Waals surface area contributed by atoms with E-state index in [0.29, 0.717) is 60.4 Å². The van der Waals surface area contributed by atoms with Crippen LogP contribution in [0.5, 0.6) is 0 Å². The fourth-order valence-corrected chi connectivity index (χ4v) is 6.41. The molecule has 1 aromatic carbocycles. The van der Waals surface area contributed by atoms with Crippen LogP contribution in [0.1, 0.15) is 50.4 Å². The maximum atomic E-state index is 15.1. The van der Waals surface area contributed by atoms with E-state index in [0.717, 1.165) is 0 Å². The van der Waals surface area contributed by atoms with Gasteiger partial charge in [-0.1, -0.05) is 32.4 Å². The summed E-state index contributed by atoms with van der Waals surface area (Å²) in [6.07, 6.45) is 3.16. The Morgan fingerprint density at radius 3 is 2.70 bits per heavy atom. The third-order valence-corrected chi connectivity index (χ3v) is 14.0. The molecule has 1 aliphatic rings.